The lowest BCUT2D eigenvalue weighted by Crippen LogP contribution is -2.22. The van der Waals surface area contributed by atoms with Crippen molar-refractivity contribution in [2.24, 2.45) is 5.92 Å². The average Bonchev–Trinajstić information content (AvgIpc) is 3.18. The molecule has 7 nitrogen and oxygen atoms in total. The summed E-state index contributed by atoms with van der Waals surface area (Å²) in [5.74, 6) is -0.235. The van der Waals surface area contributed by atoms with Crippen LogP contribution >= 0.6 is 0 Å². The van der Waals surface area contributed by atoms with Crippen LogP contribution in [0.5, 0.6) is 0 Å². The van der Waals surface area contributed by atoms with Crippen LogP contribution in [0.3, 0.4) is 0 Å². The molecular formula is C16H19N3O4S. The number of carbonyl (C=O) groups is 1. The molecule has 2 unspecified atom stereocenters. The molecule has 0 bridgehead atoms. The van der Waals surface area contributed by atoms with E-state index in [1.54, 1.807) is 49.3 Å². The Morgan fingerprint density at radius 1 is 1.21 bits per heavy atom. The predicted octanol–water partition coefficient (Wildman–Crippen LogP) is 2.02. The van der Waals surface area contributed by atoms with Crippen molar-refractivity contribution in [1.82, 2.24) is 10.2 Å². The van der Waals surface area contributed by atoms with Crippen LogP contribution in [0.1, 0.15) is 30.4 Å². The van der Waals surface area contributed by atoms with E-state index in [4.69, 9.17) is 4.42 Å². The number of benzene rings is 1. The van der Waals surface area contributed by atoms with Crippen LogP contribution in [0.15, 0.2) is 39.6 Å². The average molecular weight is 349 g/mol. The van der Waals surface area contributed by atoms with Crippen molar-refractivity contribution >= 4 is 21.6 Å². The molecule has 1 aromatic carbocycles. The number of hydrogen-bond donors (Lipinski definition) is 0. The lowest BCUT2D eigenvalue weighted by atomic mass is 10.0. The SMILES string of the molecule is CN(C)c1nnc(C(C2CCC(=O)C2)S(=O)(=O)c2ccccc2)o1. The van der Waals surface area contributed by atoms with Crippen molar-refractivity contribution in [1.29, 1.82) is 0 Å². The Kier molecular flexibility index (Phi) is 4.40. The Morgan fingerprint density at radius 2 is 1.92 bits per heavy atom. The third-order valence-corrected chi connectivity index (χ3v) is 6.36. The molecule has 0 amide bonds. The zero-order valence-electron chi connectivity index (χ0n) is 13.5. The first-order valence-electron chi connectivity index (χ1n) is 7.71. The van der Waals surface area contributed by atoms with E-state index in [9.17, 15) is 13.2 Å². The summed E-state index contributed by atoms with van der Waals surface area (Å²) in [5.41, 5.74) is 0. The summed E-state index contributed by atoms with van der Waals surface area (Å²) >= 11 is 0. The molecule has 8 heteroatoms. The second kappa shape index (κ2) is 6.35. The number of rotatable bonds is 5. The highest BCUT2D eigenvalue weighted by Gasteiger charge is 2.43. The van der Waals surface area contributed by atoms with Gasteiger partial charge in [0.05, 0.1) is 4.90 Å². The number of sulfone groups is 1. The van der Waals surface area contributed by atoms with Gasteiger partial charge in [-0.2, -0.15) is 0 Å². The van der Waals surface area contributed by atoms with E-state index in [1.165, 1.54) is 0 Å². The Hall–Kier alpha value is -2.22. The number of nitrogens with zero attached hydrogens (tertiary/aromatic N) is 3. The van der Waals surface area contributed by atoms with E-state index in [0.717, 1.165) is 0 Å². The van der Waals surface area contributed by atoms with Gasteiger partial charge in [-0.05, 0) is 24.5 Å². The smallest absolute Gasteiger partial charge is 0.317 e. The number of carbonyl (C=O) groups excluding carboxylic acids is 1. The summed E-state index contributed by atoms with van der Waals surface area (Å²) in [5, 5.41) is 6.84. The third kappa shape index (κ3) is 3.06. The quantitative estimate of drug-likeness (QED) is 0.815. The van der Waals surface area contributed by atoms with Gasteiger partial charge in [-0.15, -0.1) is 5.10 Å². The largest absolute Gasteiger partial charge is 0.407 e. The van der Waals surface area contributed by atoms with Crippen molar-refractivity contribution in [3.05, 3.63) is 36.2 Å². The normalized spacial score (nSPS) is 19.4. The molecule has 1 aliphatic carbocycles. The van der Waals surface area contributed by atoms with Crippen molar-refractivity contribution in [3.63, 3.8) is 0 Å². The Labute approximate surface area is 140 Å². The molecule has 24 heavy (non-hydrogen) atoms. The van der Waals surface area contributed by atoms with Crippen molar-refractivity contribution in [3.8, 4) is 0 Å². The Morgan fingerprint density at radius 3 is 2.46 bits per heavy atom. The Balaban J connectivity index is 2.06. The predicted molar refractivity (Wildman–Crippen MR) is 87.3 cm³/mol. The summed E-state index contributed by atoms with van der Waals surface area (Å²) < 4.78 is 31.9. The number of Topliss-reactive ketones (excluding diaryl/α,β-unsaturated/α-hetero) is 1. The zero-order valence-corrected chi connectivity index (χ0v) is 14.4. The second-order valence-electron chi connectivity index (χ2n) is 6.14. The molecule has 128 valence electrons. The van der Waals surface area contributed by atoms with Gasteiger partial charge in [-0.1, -0.05) is 23.3 Å². The van der Waals surface area contributed by atoms with Crippen molar-refractivity contribution < 1.29 is 17.6 Å². The molecule has 1 aromatic heterocycles. The molecule has 0 spiro atoms. The third-order valence-electron chi connectivity index (χ3n) is 4.17. The van der Waals surface area contributed by atoms with Gasteiger partial charge in [0.15, 0.2) is 9.84 Å². The van der Waals surface area contributed by atoms with Gasteiger partial charge in [-0.3, -0.25) is 4.79 Å². The number of ketones is 1. The summed E-state index contributed by atoms with van der Waals surface area (Å²) in [6, 6.07) is 8.42. The molecule has 1 fully saturated rings. The van der Waals surface area contributed by atoms with Crippen LogP contribution in [-0.4, -0.2) is 38.5 Å². The fourth-order valence-electron chi connectivity index (χ4n) is 2.97. The molecule has 2 atom stereocenters. The van der Waals surface area contributed by atoms with Crippen LogP contribution in [0, 0.1) is 5.92 Å². The highest BCUT2D eigenvalue weighted by Crippen LogP contribution is 2.42. The van der Waals surface area contributed by atoms with Crippen LogP contribution < -0.4 is 4.90 Å². The van der Waals surface area contributed by atoms with Crippen molar-refractivity contribution in [2.75, 3.05) is 19.0 Å². The summed E-state index contributed by atoms with van der Waals surface area (Å²) in [6.45, 7) is 0. The molecular weight excluding hydrogens is 330 g/mol. The van der Waals surface area contributed by atoms with E-state index in [2.05, 4.69) is 10.2 Å². The fourth-order valence-corrected chi connectivity index (χ4v) is 4.90. The number of aromatic nitrogens is 2. The van der Waals surface area contributed by atoms with Gasteiger partial charge < -0.3 is 9.32 Å². The van der Waals surface area contributed by atoms with E-state index in [0.29, 0.717) is 12.8 Å². The lowest BCUT2D eigenvalue weighted by molar-refractivity contribution is -0.117. The highest BCUT2D eigenvalue weighted by molar-refractivity contribution is 7.91. The first-order chi connectivity index (χ1) is 11.4. The standard InChI is InChI=1S/C16H19N3O4S/c1-19(2)16-18-17-15(23-16)14(11-8-9-12(20)10-11)24(21,22)13-6-4-3-5-7-13/h3-7,11,14H,8-10H2,1-2H3. The van der Waals surface area contributed by atoms with E-state index in [-0.39, 0.29) is 34.9 Å². The fraction of sp³-hybridized carbons (Fsp3) is 0.438. The van der Waals surface area contributed by atoms with Crippen molar-refractivity contribution in [2.45, 2.75) is 29.4 Å². The molecule has 0 aliphatic heterocycles. The van der Waals surface area contributed by atoms with E-state index < -0.39 is 15.1 Å². The minimum absolute atomic E-state index is 0.0438. The van der Waals surface area contributed by atoms with Crippen LogP contribution in [-0.2, 0) is 14.6 Å². The maximum absolute atomic E-state index is 13.2. The first kappa shape index (κ1) is 16.6. The second-order valence-corrected chi connectivity index (χ2v) is 8.21. The van der Waals surface area contributed by atoms with Crippen LogP contribution in [0.25, 0.3) is 0 Å². The minimum atomic E-state index is -3.74. The molecule has 2 aromatic rings. The first-order valence-corrected chi connectivity index (χ1v) is 9.25. The molecule has 1 aliphatic rings. The Bertz CT molecular complexity index is 830. The summed E-state index contributed by atoms with van der Waals surface area (Å²) in [6.07, 6.45) is 1.12. The monoisotopic (exact) mass is 349 g/mol. The van der Waals surface area contributed by atoms with E-state index in [1.807, 2.05) is 0 Å². The van der Waals surface area contributed by atoms with E-state index >= 15 is 0 Å². The van der Waals surface area contributed by atoms with Crippen LogP contribution in [0.4, 0.5) is 6.01 Å². The molecule has 1 heterocycles. The molecule has 0 N–H and O–H groups in total. The molecule has 1 saturated carbocycles. The molecule has 0 saturated heterocycles. The van der Waals surface area contributed by atoms with Gasteiger partial charge in [0.25, 0.3) is 0 Å². The summed E-state index contributed by atoms with van der Waals surface area (Å²) in [4.78, 5) is 13.5. The van der Waals surface area contributed by atoms with Gasteiger partial charge in [0.2, 0.25) is 5.89 Å². The summed E-state index contributed by atoms with van der Waals surface area (Å²) in [7, 11) is -0.274. The van der Waals surface area contributed by atoms with Gasteiger partial charge in [-0.25, -0.2) is 8.42 Å². The number of hydrogen-bond acceptors (Lipinski definition) is 7. The maximum atomic E-state index is 13.2. The van der Waals surface area contributed by atoms with Crippen LogP contribution in [0.2, 0.25) is 0 Å². The number of anilines is 1. The lowest BCUT2D eigenvalue weighted by Gasteiger charge is -2.20. The zero-order chi connectivity index (χ0) is 17.3. The molecule has 3 rings (SSSR count). The highest BCUT2D eigenvalue weighted by atomic mass is 32.2. The molecule has 0 radical (unpaired) electrons. The topological polar surface area (TPSA) is 93.4 Å². The minimum Gasteiger partial charge on any atom is -0.407 e. The van der Waals surface area contributed by atoms with Gasteiger partial charge >= 0.3 is 6.01 Å². The van der Waals surface area contributed by atoms with Gasteiger partial charge in [0.1, 0.15) is 11.0 Å². The maximum Gasteiger partial charge on any atom is 0.317 e. The van der Waals surface area contributed by atoms with Gasteiger partial charge in [0, 0.05) is 26.9 Å².